The van der Waals surface area contributed by atoms with Crippen LogP contribution in [0.1, 0.15) is 29.5 Å². The maximum Gasteiger partial charge on any atom is 0.272 e. The number of nitrogens with one attached hydrogen (secondary N) is 2. The van der Waals surface area contributed by atoms with E-state index in [0.29, 0.717) is 43.8 Å². The Morgan fingerprint density at radius 3 is 2.40 bits per heavy atom. The van der Waals surface area contributed by atoms with Crippen LogP contribution in [0.15, 0.2) is 47.5 Å². The molecule has 0 saturated carbocycles. The summed E-state index contributed by atoms with van der Waals surface area (Å²) in [7, 11) is 0. The van der Waals surface area contributed by atoms with Gasteiger partial charge < -0.3 is 10.6 Å². The molecular formula is C23H25FN4O2. The highest BCUT2D eigenvalue weighted by molar-refractivity contribution is 6.46. The summed E-state index contributed by atoms with van der Waals surface area (Å²) in [6, 6.07) is 11.7. The van der Waals surface area contributed by atoms with Gasteiger partial charge in [0.05, 0.1) is 6.54 Å². The summed E-state index contributed by atoms with van der Waals surface area (Å²) in [5.41, 5.74) is 3.26. The monoisotopic (exact) mass is 408 g/mol. The van der Waals surface area contributed by atoms with Gasteiger partial charge in [-0.3, -0.25) is 19.5 Å². The Morgan fingerprint density at radius 1 is 1.13 bits per heavy atom. The Hall–Kier alpha value is -3.06. The number of anilines is 1. The third-order valence-corrected chi connectivity index (χ3v) is 5.80. The number of aliphatic imine (C=N–C) groups is 1. The van der Waals surface area contributed by atoms with E-state index in [2.05, 4.69) is 20.5 Å². The minimum absolute atomic E-state index is 0.0469. The van der Waals surface area contributed by atoms with Gasteiger partial charge in [0.1, 0.15) is 17.2 Å². The maximum atomic E-state index is 13.2. The summed E-state index contributed by atoms with van der Waals surface area (Å²) in [5.74, 6) is -0.628. The van der Waals surface area contributed by atoms with Crippen LogP contribution in [0.3, 0.4) is 0 Å². The molecule has 2 aromatic rings. The number of aryl methyl sites for hydroxylation is 2. The standard InChI is InChI=1S/C23H25FN4O2/c1-15-4-3-5-16(2)20(15)25-19(29)14-28-12-10-23(11-13-28)26-21(22(30)27-23)17-6-8-18(24)9-7-17/h3-9H,10-14H2,1-2H3,(H,25,29)(H,27,30). The van der Waals surface area contributed by atoms with Gasteiger partial charge in [-0.05, 0) is 49.2 Å². The van der Waals surface area contributed by atoms with E-state index in [1.165, 1.54) is 12.1 Å². The van der Waals surface area contributed by atoms with Crippen molar-refractivity contribution in [1.29, 1.82) is 0 Å². The molecule has 2 aliphatic heterocycles. The number of carbonyl (C=O) groups is 2. The molecule has 156 valence electrons. The van der Waals surface area contributed by atoms with Crippen molar-refractivity contribution in [1.82, 2.24) is 10.2 Å². The van der Waals surface area contributed by atoms with E-state index < -0.39 is 5.66 Å². The Kier molecular flexibility index (Phi) is 5.39. The number of rotatable bonds is 4. The van der Waals surface area contributed by atoms with E-state index in [0.717, 1.165) is 16.8 Å². The van der Waals surface area contributed by atoms with Gasteiger partial charge in [0.15, 0.2) is 0 Å². The summed E-state index contributed by atoms with van der Waals surface area (Å²) in [6.07, 6.45) is 1.25. The molecule has 1 spiro atoms. The first-order chi connectivity index (χ1) is 14.3. The van der Waals surface area contributed by atoms with Gasteiger partial charge in [0.2, 0.25) is 5.91 Å². The number of hydrogen-bond acceptors (Lipinski definition) is 4. The van der Waals surface area contributed by atoms with Crippen LogP contribution in [-0.4, -0.2) is 47.7 Å². The van der Waals surface area contributed by atoms with Crippen molar-refractivity contribution in [2.75, 3.05) is 25.0 Å². The van der Waals surface area contributed by atoms with E-state index in [1.54, 1.807) is 12.1 Å². The lowest BCUT2D eigenvalue weighted by Gasteiger charge is -2.36. The summed E-state index contributed by atoms with van der Waals surface area (Å²) in [5, 5.41) is 6.02. The lowest BCUT2D eigenvalue weighted by Crippen LogP contribution is -2.52. The number of para-hydroxylation sites is 1. The van der Waals surface area contributed by atoms with Gasteiger partial charge in [-0.1, -0.05) is 18.2 Å². The predicted molar refractivity (Wildman–Crippen MR) is 114 cm³/mol. The molecule has 6 nitrogen and oxygen atoms in total. The number of carbonyl (C=O) groups excluding carboxylic acids is 2. The molecule has 2 aromatic carbocycles. The van der Waals surface area contributed by atoms with Gasteiger partial charge in [-0.15, -0.1) is 0 Å². The minimum atomic E-state index is -0.639. The van der Waals surface area contributed by atoms with Crippen molar-refractivity contribution in [2.45, 2.75) is 32.4 Å². The highest BCUT2D eigenvalue weighted by atomic mass is 19.1. The second kappa shape index (κ2) is 7.99. The first-order valence-corrected chi connectivity index (χ1v) is 10.1. The second-order valence-electron chi connectivity index (χ2n) is 8.04. The molecule has 0 radical (unpaired) electrons. The normalized spacial score (nSPS) is 18.2. The topological polar surface area (TPSA) is 73.8 Å². The number of likely N-dealkylation sites (tertiary alicyclic amines) is 1. The fourth-order valence-electron chi connectivity index (χ4n) is 4.08. The van der Waals surface area contributed by atoms with Gasteiger partial charge in [-0.2, -0.15) is 0 Å². The van der Waals surface area contributed by atoms with Crippen molar-refractivity contribution in [3.63, 3.8) is 0 Å². The summed E-state index contributed by atoms with van der Waals surface area (Å²) >= 11 is 0. The van der Waals surface area contributed by atoms with E-state index in [-0.39, 0.29) is 17.6 Å². The zero-order valence-electron chi connectivity index (χ0n) is 17.2. The molecule has 0 atom stereocenters. The number of piperidine rings is 1. The van der Waals surface area contributed by atoms with E-state index >= 15 is 0 Å². The summed E-state index contributed by atoms with van der Waals surface area (Å²) < 4.78 is 13.2. The smallest absolute Gasteiger partial charge is 0.272 e. The van der Waals surface area contributed by atoms with E-state index in [1.807, 2.05) is 32.0 Å². The van der Waals surface area contributed by atoms with Crippen molar-refractivity contribution in [3.05, 3.63) is 65.0 Å². The molecule has 1 fully saturated rings. The molecule has 0 unspecified atom stereocenters. The first kappa shape index (κ1) is 20.2. The number of nitrogens with zero attached hydrogens (tertiary/aromatic N) is 2. The predicted octanol–water partition coefficient (Wildman–Crippen LogP) is 2.79. The highest BCUT2D eigenvalue weighted by Crippen LogP contribution is 2.29. The quantitative estimate of drug-likeness (QED) is 0.817. The zero-order chi connectivity index (χ0) is 21.3. The molecule has 2 N–H and O–H groups in total. The molecule has 2 amide bonds. The zero-order valence-corrected chi connectivity index (χ0v) is 17.2. The van der Waals surface area contributed by atoms with Crippen molar-refractivity contribution < 1.29 is 14.0 Å². The van der Waals surface area contributed by atoms with Crippen LogP contribution in [0.4, 0.5) is 10.1 Å². The van der Waals surface area contributed by atoms with Crippen LogP contribution >= 0.6 is 0 Å². The molecule has 4 rings (SSSR count). The van der Waals surface area contributed by atoms with Crippen molar-refractivity contribution in [2.24, 2.45) is 4.99 Å². The van der Waals surface area contributed by atoms with Crippen LogP contribution < -0.4 is 10.6 Å². The molecule has 30 heavy (non-hydrogen) atoms. The highest BCUT2D eigenvalue weighted by Gasteiger charge is 2.42. The number of halogens is 1. The van der Waals surface area contributed by atoms with Gasteiger partial charge in [0, 0.05) is 37.2 Å². The van der Waals surface area contributed by atoms with E-state index in [9.17, 15) is 14.0 Å². The molecule has 2 aliphatic rings. The minimum Gasteiger partial charge on any atom is -0.326 e. The maximum absolute atomic E-state index is 13.2. The fraction of sp³-hybridized carbons (Fsp3) is 0.348. The molecular weight excluding hydrogens is 383 g/mol. The molecule has 2 heterocycles. The number of amides is 2. The SMILES string of the molecule is Cc1cccc(C)c1NC(=O)CN1CCC2(CC1)N=C(c1ccc(F)cc1)C(=O)N2. The van der Waals surface area contributed by atoms with Crippen LogP contribution in [0.25, 0.3) is 0 Å². The fourth-order valence-corrected chi connectivity index (χ4v) is 4.08. The number of benzene rings is 2. The molecule has 7 heteroatoms. The average Bonchev–Trinajstić information content (AvgIpc) is 3.03. The lowest BCUT2D eigenvalue weighted by molar-refractivity contribution is -0.119. The lowest BCUT2D eigenvalue weighted by atomic mass is 9.98. The molecule has 0 bridgehead atoms. The molecule has 0 aliphatic carbocycles. The Labute approximate surface area is 175 Å². The second-order valence-corrected chi connectivity index (χ2v) is 8.04. The number of hydrogen-bond donors (Lipinski definition) is 2. The first-order valence-electron chi connectivity index (χ1n) is 10.1. The van der Waals surface area contributed by atoms with Crippen LogP contribution in [0.5, 0.6) is 0 Å². The molecule has 1 saturated heterocycles. The third-order valence-electron chi connectivity index (χ3n) is 5.80. The van der Waals surface area contributed by atoms with Crippen molar-refractivity contribution >= 4 is 23.2 Å². The third kappa shape index (κ3) is 4.11. The Balaban J connectivity index is 1.37. The van der Waals surface area contributed by atoms with Crippen LogP contribution in [0, 0.1) is 19.7 Å². The van der Waals surface area contributed by atoms with Crippen molar-refractivity contribution in [3.8, 4) is 0 Å². The van der Waals surface area contributed by atoms with E-state index in [4.69, 9.17) is 0 Å². The van der Waals surface area contributed by atoms with Gasteiger partial charge in [-0.25, -0.2) is 4.39 Å². The summed E-state index contributed by atoms with van der Waals surface area (Å²) in [6.45, 7) is 5.56. The summed E-state index contributed by atoms with van der Waals surface area (Å²) in [4.78, 5) is 31.7. The Bertz CT molecular complexity index is 988. The van der Waals surface area contributed by atoms with Gasteiger partial charge >= 0.3 is 0 Å². The van der Waals surface area contributed by atoms with Gasteiger partial charge in [0.25, 0.3) is 5.91 Å². The Morgan fingerprint density at radius 2 is 1.77 bits per heavy atom. The molecule has 0 aromatic heterocycles. The van der Waals surface area contributed by atoms with Crippen LogP contribution in [0.2, 0.25) is 0 Å². The largest absolute Gasteiger partial charge is 0.326 e. The average molecular weight is 408 g/mol. The van der Waals surface area contributed by atoms with Crippen LogP contribution in [-0.2, 0) is 9.59 Å².